The van der Waals surface area contributed by atoms with Gasteiger partial charge in [-0.05, 0) is 44.1 Å². The number of likely N-dealkylation sites (tertiary alicyclic amines) is 1. The van der Waals surface area contributed by atoms with Gasteiger partial charge in [0.05, 0.1) is 13.1 Å². The first-order valence-corrected chi connectivity index (χ1v) is 9.91. The van der Waals surface area contributed by atoms with Gasteiger partial charge in [-0.3, -0.25) is 4.79 Å². The average Bonchev–Trinajstić information content (AvgIpc) is 2.55. The normalized spacial score (nSPS) is 21.4. The number of ether oxygens (including phenoxy) is 1. The fraction of sp³-hybridized carbons (Fsp3) is 0.579. The van der Waals surface area contributed by atoms with Crippen molar-refractivity contribution < 1.29 is 19.4 Å². The van der Waals surface area contributed by atoms with Gasteiger partial charge >= 0.3 is 6.09 Å². The number of aryl methyl sites for hydroxylation is 1. The number of nitrogens with one attached hydrogen (secondary N) is 1. The number of carbonyl (C=O) groups excluding carboxylic acids is 2. The highest BCUT2D eigenvalue weighted by atomic mass is 32.2. The minimum atomic E-state index is -1.53. The molecule has 2 aliphatic rings. The number of carbonyl (C=O) groups is 2. The average molecular weight is 378 g/mol. The second-order valence-corrected chi connectivity index (χ2v) is 9.20. The zero-order chi connectivity index (χ0) is 18.9. The fourth-order valence-electron chi connectivity index (χ4n) is 3.18. The van der Waals surface area contributed by atoms with Crippen LogP contribution in [0.4, 0.5) is 4.79 Å². The van der Waals surface area contributed by atoms with Gasteiger partial charge in [0, 0.05) is 11.8 Å². The molecule has 1 unspecified atom stereocenters. The number of amides is 2. The van der Waals surface area contributed by atoms with Crippen molar-refractivity contribution in [3.05, 3.63) is 35.4 Å². The van der Waals surface area contributed by atoms with Crippen molar-refractivity contribution in [3.8, 4) is 0 Å². The molecule has 2 aliphatic heterocycles. The molecule has 0 saturated carbocycles. The van der Waals surface area contributed by atoms with Gasteiger partial charge in [0.25, 0.3) is 5.91 Å². The van der Waals surface area contributed by atoms with Crippen molar-refractivity contribution in [1.82, 2.24) is 10.2 Å². The monoisotopic (exact) mass is 378 g/mol. The van der Waals surface area contributed by atoms with Gasteiger partial charge < -0.3 is 20.1 Å². The van der Waals surface area contributed by atoms with Crippen molar-refractivity contribution in [2.75, 3.05) is 25.4 Å². The summed E-state index contributed by atoms with van der Waals surface area (Å²) in [4.78, 5) is 25.7. The smallest absolute Gasteiger partial charge is 0.410 e. The summed E-state index contributed by atoms with van der Waals surface area (Å²) < 4.78 is 5.25. The molecule has 0 bridgehead atoms. The summed E-state index contributed by atoms with van der Waals surface area (Å²) >= 11 is 1.82. The Morgan fingerprint density at radius 3 is 2.73 bits per heavy atom. The maximum Gasteiger partial charge on any atom is 0.410 e. The van der Waals surface area contributed by atoms with Crippen LogP contribution in [0.25, 0.3) is 0 Å². The highest BCUT2D eigenvalue weighted by Gasteiger charge is 2.50. The second-order valence-electron chi connectivity index (χ2n) is 7.89. The van der Waals surface area contributed by atoms with Crippen LogP contribution < -0.4 is 5.32 Å². The number of thioether (sulfide) groups is 1. The molecule has 1 saturated heterocycles. The Morgan fingerprint density at radius 1 is 1.35 bits per heavy atom. The SMILES string of the molecule is CC(C)(C)OC(=O)N1CC(O)(C(=O)NCC2SCCc3ccccc32)C1. The molecule has 3 rings (SSSR count). The van der Waals surface area contributed by atoms with Gasteiger partial charge in [0.15, 0.2) is 5.60 Å². The van der Waals surface area contributed by atoms with Crippen LogP contribution in [-0.4, -0.2) is 58.6 Å². The van der Waals surface area contributed by atoms with Crippen LogP contribution in [0.3, 0.4) is 0 Å². The molecule has 1 aromatic rings. The summed E-state index contributed by atoms with van der Waals surface area (Å²) in [6.07, 6.45) is 0.534. The van der Waals surface area contributed by atoms with E-state index in [0.717, 1.165) is 12.2 Å². The summed E-state index contributed by atoms with van der Waals surface area (Å²) in [7, 11) is 0. The predicted molar refractivity (Wildman–Crippen MR) is 101 cm³/mol. The van der Waals surface area contributed by atoms with Gasteiger partial charge in [-0.15, -0.1) is 0 Å². The molecule has 2 amide bonds. The summed E-state index contributed by atoms with van der Waals surface area (Å²) in [5, 5.41) is 13.5. The minimum Gasteiger partial charge on any atom is -0.444 e. The molecule has 6 nitrogen and oxygen atoms in total. The molecule has 142 valence electrons. The van der Waals surface area contributed by atoms with Gasteiger partial charge in [0.1, 0.15) is 5.60 Å². The first-order chi connectivity index (χ1) is 12.2. The Labute approximate surface area is 158 Å². The van der Waals surface area contributed by atoms with Gasteiger partial charge in [-0.1, -0.05) is 24.3 Å². The third-order valence-electron chi connectivity index (χ3n) is 4.52. The number of aliphatic hydroxyl groups is 1. The minimum absolute atomic E-state index is 0.0395. The second kappa shape index (κ2) is 7.12. The van der Waals surface area contributed by atoms with Crippen LogP contribution in [0, 0.1) is 0 Å². The lowest BCUT2D eigenvalue weighted by Crippen LogP contribution is -2.70. The van der Waals surface area contributed by atoms with Gasteiger partial charge in [-0.25, -0.2) is 4.79 Å². The van der Waals surface area contributed by atoms with Crippen molar-refractivity contribution >= 4 is 23.8 Å². The maximum atomic E-state index is 12.4. The van der Waals surface area contributed by atoms with E-state index in [-0.39, 0.29) is 18.3 Å². The van der Waals surface area contributed by atoms with Gasteiger partial charge in [0.2, 0.25) is 0 Å². The molecular weight excluding hydrogens is 352 g/mol. The predicted octanol–water partition coefficient (Wildman–Crippen LogP) is 2.12. The fourth-order valence-corrected chi connectivity index (χ4v) is 4.41. The van der Waals surface area contributed by atoms with Crippen LogP contribution in [0.2, 0.25) is 0 Å². The Bertz CT molecular complexity index is 695. The van der Waals surface area contributed by atoms with E-state index in [0.29, 0.717) is 6.54 Å². The lowest BCUT2D eigenvalue weighted by molar-refractivity contribution is -0.157. The summed E-state index contributed by atoms with van der Waals surface area (Å²) in [5.74, 6) is 0.592. The number of rotatable bonds is 3. The Kier molecular flexibility index (Phi) is 5.21. The molecule has 7 heteroatoms. The molecule has 1 atom stereocenters. The molecular formula is C19H26N2O4S. The van der Waals surface area contributed by atoms with Gasteiger partial charge in [-0.2, -0.15) is 11.8 Å². The van der Waals surface area contributed by atoms with Crippen molar-refractivity contribution in [3.63, 3.8) is 0 Å². The number of hydrogen-bond donors (Lipinski definition) is 2. The van der Waals surface area contributed by atoms with E-state index in [4.69, 9.17) is 4.74 Å². The molecule has 0 aliphatic carbocycles. The first-order valence-electron chi connectivity index (χ1n) is 8.86. The number of nitrogens with zero attached hydrogens (tertiary/aromatic N) is 1. The molecule has 1 aromatic carbocycles. The zero-order valence-electron chi connectivity index (χ0n) is 15.4. The van der Waals surface area contributed by atoms with Crippen LogP contribution in [-0.2, 0) is 16.0 Å². The lowest BCUT2D eigenvalue weighted by atomic mass is 9.93. The zero-order valence-corrected chi connectivity index (χ0v) is 16.3. The van der Waals surface area contributed by atoms with E-state index in [2.05, 4.69) is 17.4 Å². The van der Waals surface area contributed by atoms with Crippen molar-refractivity contribution in [2.45, 2.75) is 43.6 Å². The van der Waals surface area contributed by atoms with E-state index in [1.807, 2.05) is 23.9 Å². The number of benzene rings is 1. The molecule has 0 radical (unpaired) electrons. The highest BCUT2D eigenvalue weighted by molar-refractivity contribution is 7.99. The topological polar surface area (TPSA) is 78.9 Å². The van der Waals surface area contributed by atoms with Crippen molar-refractivity contribution in [1.29, 1.82) is 0 Å². The molecule has 2 heterocycles. The summed E-state index contributed by atoms with van der Waals surface area (Å²) in [6, 6.07) is 8.27. The molecule has 26 heavy (non-hydrogen) atoms. The lowest BCUT2D eigenvalue weighted by Gasteiger charge is -2.45. The molecule has 0 spiro atoms. The largest absolute Gasteiger partial charge is 0.444 e. The van der Waals surface area contributed by atoms with Crippen molar-refractivity contribution in [2.24, 2.45) is 0 Å². The number of hydrogen-bond acceptors (Lipinski definition) is 5. The first kappa shape index (κ1) is 19.0. The third-order valence-corrected chi connectivity index (χ3v) is 5.78. The standard InChI is InChI=1S/C19H26N2O4S/c1-18(2,3)25-17(23)21-11-19(24,12-21)16(22)20-10-15-14-7-5-4-6-13(14)8-9-26-15/h4-7,15,24H,8-12H2,1-3H3,(H,20,22). The quantitative estimate of drug-likeness (QED) is 0.842. The van der Waals surface area contributed by atoms with E-state index in [1.165, 1.54) is 16.0 Å². The number of β-amino-alcohol motifs (C(OH)–C–C–N with tert-alkyl or cyclic N) is 1. The summed E-state index contributed by atoms with van der Waals surface area (Å²) in [5.41, 5.74) is 0.443. The van der Waals surface area contributed by atoms with Crippen LogP contribution in [0.15, 0.2) is 24.3 Å². The molecule has 0 aromatic heterocycles. The van der Waals surface area contributed by atoms with E-state index in [9.17, 15) is 14.7 Å². The van der Waals surface area contributed by atoms with Crippen LogP contribution >= 0.6 is 11.8 Å². The number of fused-ring (bicyclic) bond motifs is 1. The Hall–Kier alpha value is -1.73. The molecule has 2 N–H and O–H groups in total. The highest BCUT2D eigenvalue weighted by Crippen LogP contribution is 2.36. The van der Waals surface area contributed by atoms with E-state index >= 15 is 0 Å². The Balaban J connectivity index is 1.52. The summed E-state index contributed by atoms with van der Waals surface area (Å²) in [6.45, 7) is 5.73. The van der Waals surface area contributed by atoms with Crippen LogP contribution in [0.5, 0.6) is 0 Å². The van der Waals surface area contributed by atoms with Crippen LogP contribution in [0.1, 0.15) is 37.1 Å². The van der Waals surface area contributed by atoms with E-state index in [1.54, 1.807) is 20.8 Å². The molecule has 1 fully saturated rings. The Morgan fingerprint density at radius 2 is 2.04 bits per heavy atom. The van der Waals surface area contributed by atoms with E-state index < -0.39 is 23.2 Å². The third kappa shape index (κ3) is 4.15. The maximum absolute atomic E-state index is 12.4.